The van der Waals surface area contributed by atoms with Gasteiger partial charge in [-0.25, -0.2) is 0 Å². The number of benzene rings is 1. The number of aldehydes is 1. The van der Waals surface area contributed by atoms with Crippen LogP contribution in [0.1, 0.15) is 5.56 Å². The van der Waals surface area contributed by atoms with Crippen LogP contribution >= 0.6 is 11.6 Å². The summed E-state index contributed by atoms with van der Waals surface area (Å²) in [7, 11) is 1.60. The average molecular weight is 197 g/mol. The summed E-state index contributed by atoms with van der Waals surface area (Å²) in [5, 5.41) is 0.428. The fraction of sp³-hybridized carbons (Fsp3) is 0.100. The van der Waals surface area contributed by atoms with Crippen LogP contribution in [0.15, 0.2) is 30.3 Å². The van der Waals surface area contributed by atoms with Crippen molar-refractivity contribution < 1.29 is 9.53 Å². The minimum atomic E-state index is 0.428. The Kier molecular flexibility index (Phi) is 3.53. The normalized spacial score (nSPS) is 11.1. The lowest BCUT2D eigenvalue weighted by Gasteiger charge is -2.00. The van der Waals surface area contributed by atoms with Crippen LogP contribution in [-0.4, -0.2) is 13.4 Å². The molecule has 0 aliphatic rings. The van der Waals surface area contributed by atoms with Gasteiger partial charge in [-0.2, -0.15) is 0 Å². The Bertz CT molecular complexity index is 314. The summed E-state index contributed by atoms with van der Waals surface area (Å²) in [6, 6.07) is 7.16. The number of hydrogen-bond acceptors (Lipinski definition) is 2. The van der Waals surface area contributed by atoms with E-state index >= 15 is 0 Å². The number of methoxy groups -OCH3 is 1. The lowest BCUT2D eigenvalue weighted by molar-refractivity contribution is -0.104. The largest absolute Gasteiger partial charge is 0.497 e. The maximum Gasteiger partial charge on any atom is 0.144 e. The smallest absolute Gasteiger partial charge is 0.144 e. The van der Waals surface area contributed by atoms with Gasteiger partial charge in [-0.15, -0.1) is 0 Å². The van der Waals surface area contributed by atoms with E-state index in [9.17, 15) is 4.79 Å². The van der Waals surface area contributed by atoms with Gasteiger partial charge in [0.05, 0.1) is 12.1 Å². The van der Waals surface area contributed by atoms with Crippen molar-refractivity contribution in [3.05, 3.63) is 35.9 Å². The van der Waals surface area contributed by atoms with Crippen molar-refractivity contribution in [3.8, 4) is 5.75 Å². The van der Waals surface area contributed by atoms with Crippen LogP contribution in [0.4, 0.5) is 0 Å². The molecule has 0 aromatic heterocycles. The minimum Gasteiger partial charge on any atom is -0.497 e. The zero-order valence-electron chi connectivity index (χ0n) is 7.16. The molecule has 0 radical (unpaired) electrons. The molecule has 0 amide bonds. The molecular weight excluding hydrogens is 188 g/mol. The summed E-state index contributed by atoms with van der Waals surface area (Å²) < 4.78 is 4.98. The third-order valence-electron chi connectivity index (χ3n) is 1.58. The Morgan fingerprint density at radius 2 is 2.00 bits per heavy atom. The van der Waals surface area contributed by atoms with E-state index < -0.39 is 0 Å². The number of halogens is 1. The molecule has 0 bridgehead atoms. The number of ether oxygens (including phenoxy) is 1. The number of rotatable bonds is 3. The molecule has 0 atom stereocenters. The first-order chi connectivity index (χ1) is 6.27. The van der Waals surface area contributed by atoms with Gasteiger partial charge in [0.15, 0.2) is 0 Å². The van der Waals surface area contributed by atoms with Gasteiger partial charge in [0.2, 0.25) is 0 Å². The van der Waals surface area contributed by atoms with E-state index in [4.69, 9.17) is 16.3 Å². The summed E-state index contributed by atoms with van der Waals surface area (Å²) in [5.41, 5.74) is 0.801. The fourth-order valence-electron chi connectivity index (χ4n) is 0.906. The summed E-state index contributed by atoms with van der Waals surface area (Å²) in [5.74, 6) is 0.763. The summed E-state index contributed by atoms with van der Waals surface area (Å²) in [4.78, 5) is 10.1. The van der Waals surface area contributed by atoms with Crippen LogP contribution in [0.25, 0.3) is 5.03 Å². The second-order valence-electron chi connectivity index (χ2n) is 2.38. The van der Waals surface area contributed by atoms with Crippen molar-refractivity contribution in [2.24, 2.45) is 0 Å². The molecule has 0 saturated heterocycles. The Morgan fingerprint density at radius 1 is 1.38 bits per heavy atom. The molecule has 68 valence electrons. The molecule has 1 aromatic rings. The molecule has 1 aromatic carbocycles. The van der Waals surface area contributed by atoms with Gasteiger partial charge < -0.3 is 4.74 Å². The van der Waals surface area contributed by atoms with Gasteiger partial charge in [-0.3, -0.25) is 4.79 Å². The Balaban J connectivity index is 2.91. The second kappa shape index (κ2) is 4.67. The lowest BCUT2D eigenvalue weighted by atomic mass is 10.2. The highest BCUT2D eigenvalue weighted by Gasteiger charge is 1.97. The predicted octanol–water partition coefficient (Wildman–Crippen LogP) is 2.47. The van der Waals surface area contributed by atoms with Gasteiger partial charge in [0.25, 0.3) is 0 Å². The molecular formula is C10H9ClO2. The number of carbonyl (C=O) groups excluding carboxylic acids is 1. The van der Waals surface area contributed by atoms with Gasteiger partial charge >= 0.3 is 0 Å². The summed E-state index contributed by atoms with van der Waals surface area (Å²) >= 11 is 5.79. The van der Waals surface area contributed by atoms with Crippen molar-refractivity contribution in [2.75, 3.05) is 7.11 Å². The van der Waals surface area contributed by atoms with Crippen LogP contribution in [0, 0.1) is 0 Å². The van der Waals surface area contributed by atoms with Crippen molar-refractivity contribution in [1.29, 1.82) is 0 Å². The standard InChI is InChI=1S/C10H9ClO2/c1-13-9-4-2-8(3-5-9)10(11)6-7-12/h2-7H,1H3/b10-6+. The van der Waals surface area contributed by atoms with E-state index in [1.165, 1.54) is 6.08 Å². The Morgan fingerprint density at radius 3 is 2.46 bits per heavy atom. The predicted molar refractivity (Wildman–Crippen MR) is 52.9 cm³/mol. The number of carbonyl (C=O) groups is 1. The van der Waals surface area contributed by atoms with Gasteiger partial charge in [-0.1, -0.05) is 11.6 Å². The molecule has 13 heavy (non-hydrogen) atoms. The van der Waals surface area contributed by atoms with Gasteiger partial charge in [0, 0.05) is 0 Å². The molecule has 0 saturated carbocycles. The molecule has 0 spiro atoms. The maximum atomic E-state index is 10.1. The summed E-state index contributed by atoms with van der Waals surface area (Å²) in [6.45, 7) is 0. The van der Waals surface area contributed by atoms with E-state index in [0.717, 1.165) is 11.3 Å². The zero-order valence-corrected chi connectivity index (χ0v) is 7.91. The second-order valence-corrected chi connectivity index (χ2v) is 2.79. The van der Waals surface area contributed by atoms with Crippen LogP contribution in [0.5, 0.6) is 5.75 Å². The topological polar surface area (TPSA) is 26.3 Å². The first-order valence-electron chi connectivity index (χ1n) is 3.73. The molecule has 2 nitrogen and oxygen atoms in total. The Labute approximate surface area is 81.8 Å². The Hall–Kier alpha value is -1.28. The van der Waals surface area contributed by atoms with E-state index in [2.05, 4.69) is 0 Å². The molecule has 0 unspecified atom stereocenters. The highest BCUT2D eigenvalue weighted by Crippen LogP contribution is 2.20. The molecule has 0 fully saturated rings. The highest BCUT2D eigenvalue weighted by molar-refractivity contribution is 6.49. The molecule has 0 aliphatic carbocycles. The van der Waals surface area contributed by atoms with E-state index in [-0.39, 0.29) is 0 Å². The summed E-state index contributed by atoms with van der Waals surface area (Å²) in [6.07, 6.45) is 1.97. The van der Waals surface area contributed by atoms with Crippen LogP contribution in [0.2, 0.25) is 0 Å². The van der Waals surface area contributed by atoms with Crippen molar-refractivity contribution in [3.63, 3.8) is 0 Å². The lowest BCUT2D eigenvalue weighted by Crippen LogP contribution is -1.83. The van der Waals surface area contributed by atoms with Crippen molar-refractivity contribution >= 4 is 22.9 Å². The maximum absolute atomic E-state index is 10.1. The third-order valence-corrected chi connectivity index (χ3v) is 1.92. The van der Waals surface area contributed by atoms with E-state index in [1.54, 1.807) is 31.4 Å². The van der Waals surface area contributed by atoms with E-state index in [1.807, 2.05) is 0 Å². The number of hydrogen-bond donors (Lipinski definition) is 0. The molecule has 0 heterocycles. The molecule has 1 rings (SSSR count). The molecule has 3 heteroatoms. The molecule has 0 N–H and O–H groups in total. The number of allylic oxidation sites excluding steroid dienone is 1. The zero-order chi connectivity index (χ0) is 9.68. The first-order valence-corrected chi connectivity index (χ1v) is 4.11. The van der Waals surface area contributed by atoms with Crippen LogP contribution in [-0.2, 0) is 4.79 Å². The van der Waals surface area contributed by atoms with Gasteiger partial charge in [0.1, 0.15) is 12.0 Å². The quantitative estimate of drug-likeness (QED) is 0.549. The van der Waals surface area contributed by atoms with Crippen molar-refractivity contribution in [2.45, 2.75) is 0 Å². The van der Waals surface area contributed by atoms with Gasteiger partial charge in [-0.05, 0) is 35.9 Å². The molecule has 0 aliphatic heterocycles. The SMILES string of the molecule is COc1ccc(/C(Cl)=C\C=O)cc1. The fourth-order valence-corrected chi connectivity index (χ4v) is 1.08. The highest BCUT2D eigenvalue weighted by atomic mass is 35.5. The first kappa shape index (κ1) is 9.81. The average Bonchev–Trinajstić information content (AvgIpc) is 2.18. The van der Waals surface area contributed by atoms with E-state index in [0.29, 0.717) is 11.3 Å². The van der Waals surface area contributed by atoms with Crippen LogP contribution in [0.3, 0.4) is 0 Å². The minimum absolute atomic E-state index is 0.428. The van der Waals surface area contributed by atoms with Crippen molar-refractivity contribution in [1.82, 2.24) is 0 Å². The third kappa shape index (κ3) is 2.60. The van der Waals surface area contributed by atoms with Crippen LogP contribution < -0.4 is 4.74 Å². The monoisotopic (exact) mass is 196 g/mol.